The number of nitrogens with zero attached hydrogens (tertiary/aromatic N) is 2. The van der Waals surface area contributed by atoms with Gasteiger partial charge in [0, 0.05) is 0 Å². The predicted molar refractivity (Wildman–Crippen MR) is 60.9 cm³/mol. The molecule has 0 heterocycles. The highest BCUT2D eigenvalue weighted by molar-refractivity contribution is 14.0. The average molecular weight is 286 g/mol. The van der Waals surface area contributed by atoms with Gasteiger partial charge in [0.1, 0.15) is 0 Å². The summed E-state index contributed by atoms with van der Waals surface area (Å²) >= 11 is 0. The minimum Gasteiger partial charge on any atom is -0.862 e. The Morgan fingerprint density at radius 3 is 2.25 bits per heavy atom. The molecule has 74 valence electrons. The molecular weight excluding hydrogens is 267 g/mol. The number of rotatable bonds is 4. The molecule has 0 aliphatic rings. The van der Waals surface area contributed by atoms with Crippen molar-refractivity contribution < 1.29 is 9.59 Å². The number of aliphatic imine (C=N–C) groups is 1. The lowest BCUT2D eigenvalue weighted by molar-refractivity contribution is -0.887. The van der Waals surface area contributed by atoms with E-state index in [1.807, 2.05) is 0 Å². The Bertz CT molecular complexity index is 142. The van der Waals surface area contributed by atoms with Crippen LogP contribution in [0.5, 0.6) is 0 Å². The third-order valence-corrected chi connectivity index (χ3v) is 1.90. The molecule has 0 aromatic heterocycles. The van der Waals surface area contributed by atoms with E-state index in [-0.39, 0.29) is 29.9 Å². The zero-order valence-corrected chi connectivity index (χ0v) is 10.7. The van der Waals surface area contributed by atoms with Crippen LogP contribution >= 0.6 is 24.0 Å². The van der Waals surface area contributed by atoms with Gasteiger partial charge >= 0.3 is 0 Å². The van der Waals surface area contributed by atoms with Crippen molar-refractivity contribution in [2.75, 3.05) is 33.7 Å². The van der Waals surface area contributed by atoms with Gasteiger partial charge in [-0.1, -0.05) is 0 Å². The Morgan fingerprint density at radius 1 is 1.42 bits per heavy atom. The van der Waals surface area contributed by atoms with Crippen LogP contribution in [0, 0.1) is 0 Å². The Kier molecular flexibility index (Phi) is 8.13. The number of hydrogen-bond acceptors (Lipinski definition) is 2. The minimum absolute atomic E-state index is 0. The van der Waals surface area contributed by atoms with E-state index in [1.54, 1.807) is 0 Å². The van der Waals surface area contributed by atoms with Crippen LogP contribution in [0.15, 0.2) is 4.99 Å². The fourth-order valence-corrected chi connectivity index (χ4v) is 0.636. The molecule has 0 unspecified atom stereocenters. The van der Waals surface area contributed by atoms with E-state index in [1.165, 1.54) is 6.92 Å². The summed E-state index contributed by atoms with van der Waals surface area (Å²) in [5, 5.41) is 10.4. The van der Waals surface area contributed by atoms with Crippen molar-refractivity contribution >= 4 is 29.9 Å². The monoisotopic (exact) mass is 286 g/mol. The van der Waals surface area contributed by atoms with Gasteiger partial charge in [0.05, 0.1) is 33.7 Å². The molecular formula is C8H19IN2O. The highest BCUT2D eigenvalue weighted by Crippen LogP contribution is 1.94. The van der Waals surface area contributed by atoms with Gasteiger partial charge in [0.2, 0.25) is 0 Å². The molecule has 0 spiro atoms. The third kappa shape index (κ3) is 8.26. The minimum atomic E-state index is -0.0684. The Balaban J connectivity index is 0. The fraction of sp³-hybridized carbons (Fsp3) is 0.875. The molecule has 0 bridgehead atoms. The third-order valence-electron chi connectivity index (χ3n) is 1.90. The second-order valence-electron chi connectivity index (χ2n) is 3.38. The lowest BCUT2D eigenvalue weighted by Crippen LogP contribution is -2.41. The first-order chi connectivity index (χ1) is 4.98. The van der Waals surface area contributed by atoms with Crippen molar-refractivity contribution in [2.24, 2.45) is 4.99 Å². The van der Waals surface area contributed by atoms with E-state index in [4.69, 9.17) is 0 Å². The first-order valence-corrected chi connectivity index (χ1v) is 3.98. The maximum absolute atomic E-state index is 10.4. The van der Waals surface area contributed by atoms with E-state index in [0.717, 1.165) is 17.6 Å². The maximum Gasteiger partial charge on any atom is 0.0980 e. The number of likely N-dealkylation sites (N-methyl/N-ethyl adjacent to an activating group) is 1. The van der Waals surface area contributed by atoms with E-state index < -0.39 is 0 Å². The van der Waals surface area contributed by atoms with Crippen molar-refractivity contribution in [1.82, 2.24) is 0 Å². The molecule has 0 saturated carbocycles. The van der Waals surface area contributed by atoms with Crippen molar-refractivity contribution in [2.45, 2.75) is 13.8 Å². The van der Waals surface area contributed by atoms with Gasteiger partial charge in [-0.25, -0.2) is 0 Å². The van der Waals surface area contributed by atoms with Crippen molar-refractivity contribution in [3.8, 4) is 0 Å². The summed E-state index contributed by atoms with van der Waals surface area (Å²) < 4.78 is 0.927. The van der Waals surface area contributed by atoms with Crippen LogP contribution in [0.2, 0.25) is 0 Å². The summed E-state index contributed by atoms with van der Waals surface area (Å²) in [4.78, 5) is 3.80. The lowest BCUT2D eigenvalue weighted by atomic mass is 10.4. The first kappa shape index (κ1) is 14.7. The van der Waals surface area contributed by atoms with Crippen LogP contribution < -0.4 is 5.11 Å². The normalized spacial score (nSPS) is 12.5. The molecule has 0 aliphatic heterocycles. The summed E-state index contributed by atoms with van der Waals surface area (Å²) in [7, 11) is 4.27. The summed E-state index contributed by atoms with van der Waals surface area (Å²) in [6, 6.07) is 0. The average Bonchev–Trinajstić information content (AvgIpc) is 1.87. The molecule has 0 saturated heterocycles. The van der Waals surface area contributed by atoms with Crippen LogP contribution in [-0.4, -0.2) is 44.1 Å². The van der Waals surface area contributed by atoms with Crippen molar-refractivity contribution in [1.29, 1.82) is 0 Å². The molecule has 12 heavy (non-hydrogen) atoms. The van der Waals surface area contributed by atoms with Gasteiger partial charge in [-0.3, -0.25) is 4.99 Å². The Labute approximate surface area is 92.1 Å². The highest BCUT2D eigenvalue weighted by atomic mass is 127. The fourth-order valence-electron chi connectivity index (χ4n) is 0.636. The molecule has 0 aromatic carbocycles. The van der Waals surface area contributed by atoms with Crippen LogP contribution in [0.4, 0.5) is 0 Å². The van der Waals surface area contributed by atoms with Gasteiger partial charge in [-0.05, 0) is 19.7 Å². The van der Waals surface area contributed by atoms with E-state index in [9.17, 15) is 5.11 Å². The molecule has 0 aromatic rings. The van der Waals surface area contributed by atoms with Gasteiger partial charge in [0.15, 0.2) is 0 Å². The summed E-state index contributed by atoms with van der Waals surface area (Å²) in [6.07, 6.45) is 0. The van der Waals surface area contributed by atoms with Crippen LogP contribution in [-0.2, 0) is 0 Å². The van der Waals surface area contributed by atoms with Gasteiger partial charge < -0.3 is 9.59 Å². The molecule has 4 heteroatoms. The predicted octanol–water partition coefficient (Wildman–Crippen LogP) is 0.479. The van der Waals surface area contributed by atoms with Crippen molar-refractivity contribution in [3.63, 3.8) is 0 Å². The molecule has 0 rings (SSSR count). The summed E-state index contributed by atoms with van der Waals surface area (Å²) in [6.45, 7) is 6.29. The molecule has 0 atom stereocenters. The Morgan fingerprint density at radius 2 is 1.92 bits per heavy atom. The van der Waals surface area contributed by atoms with Gasteiger partial charge in [-0.2, -0.15) is 0 Å². The number of halogens is 1. The maximum atomic E-state index is 10.4. The standard InChI is InChI=1S/C8H18N2O.HI/c1-5-10(3,4)7-6-9-8(2)11;/h5-7H2,1-4H3;1H. The van der Waals surface area contributed by atoms with E-state index in [2.05, 4.69) is 26.0 Å². The number of hydrogen-bond donors (Lipinski definition) is 0. The van der Waals surface area contributed by atoms with Gasteiger partial charge in [-0.15, -0.1) is 24.0 Å². The second kappa shape index (κ2) is 6.65. The lowest BCUT2D eigenvalue weighted by Gasteiger charge is -2.27. The van der Waals surface area contributed by atoms with Crippen molar-refractivity contribution in [3.05, 3.63) is 0 Å². The quantitative estimate of drug-likeness (QED) is 0.320. The SMILES string of the molecule is CC[N+](C)(C)CCN=C(C)[O-].I. The zero-order valence-electron chi connectivity index (χ0n) is 8.33. The molecule has 3 nitrogen and oxygen atoms in total. The van der Waals surface area contributed by atoms with E-state index in [0.29, 0.717) is 6.54 Å². The number of quaternary nitrogens is 1. The largest absolute Gasteiger partial charge is 0.862 e. The molecule has 0 fully saturated rings. The smallest absolute Gasteiger partial charge is 0.0980 e. The van der Waals surface area contributed by atoms with Crippen LogP contribution in [0.3, 0.4) is 0 Å². The summed E-state index contributed by atoms with van der Waals surface area (Å²) in [5.41, 5.74) is 0. The molecule has 0 amide bonds. The molecule has 0 aliphatic carbocycles. The van der Waals surface area contributed by atoms with E-state index >= 15 is 0 Å². The first-order valence-electron chi connectivity index (χ1n) is 3.98. The zero-order chi connectivity index (χ0) is 8.91. The highest BCUT2D eigenvalue weighted by Gasteiger charge is 2.09. The second-order valence-corrected chi connectivity index (χ2v) is 3.38. The van der Waals surface area contributed by atoms with Crippen LogP contribution in [0.1, 0.15) is 13.8 Å². The molecule has 0 N–H and O–H groups in total. The van der Waals surface area contributed by atoms with Gasteiger partial charge in [0.25, 0.3) is 0 Å². The topological polar surface area (TPSA) is 35.4 Å². The Hall–Kier alpha value is 0.160. The summed E-state index contributed by atoms with van der Waals surface area (Å²) in [5.74, 6) is -0.0684. The molecule has 0 radical (unpaired) electrons. The van der Waals surface area contributed by atoms with Crippen LogP contribution in [0.25, 0.3) is 0 Å².